The molecule has 6 nitrogen and oxygen atoms in total. The molecule has 5 rings (SSSR count). The van der Waals surface area contributed by atoms with Gasteiger partial charge in [-0.2, -0.15) is 13.2 Å². The van der Waals surface area contributed by atoms with Gasteiger partial charge in [-0.25, -0.2) is 0 Å². The van der Waals surface area contributed by atoms with Gasteiger partial charge < -0.3 is 19.7 Å². The van der Waals surface area contributed by atoms with Crippen LogP contribution < -0.4 is 10.1 Å². The normalized spacial score (nSPS) is 25.2. The number of nitrogens with zero attached hydrogens (tertiary/aromatic N) is 3. The van der Waals surface area contributed by atoms with Crippen LogP contribution in [0.3, 0.4) is 0 Å². The van der Waals surface area contributed by atoms with Crippen molar-refractivity contribution < 1.29 is 22.6 Å². The number of aryl methyl sites for hydroxylation is 2. The molecule has 1 aliphatic carbocycles. The summed E-state index contributed by atoms with van der Waals surface area (Å²) in [6, 6.07) is 4.72. The van der Waals surface area contributed by atoms with Crippen LogP contribution >= 0.6 is 0 Å². The molecule has 3 heterocycles. The molecular formula is C27H35F3N4O2. The van der Waals surface area contributed by atoms with E-state index in [1.165, 1.54) is 0 Å². The van der Waals surface area contributed by atoms with Crippen LogP contribution in [0, 0.1) is 31.6 Å². The topological polar surface area (TPSA) is 59.5 Å². The van der Waals surface area contributed by atoms with Crippen LogP contribution in [0.5, 0.6) is 5.75 Å². The highest BCUT2D eigenvalue weighted by Gasteiger charge is 2.43. The first-order valence-electron chi connectivity index (χ1n) is 12.9. The van der Waals surface area contributed by atoms with Crippen molar-refractivity contribution >= 4 is 5.82 Å². The van der Waals surface area contributed by atoms with E-state index in [1.54, 1.807) is 13.2 Å². The molecule has 3 fully saturated rings. The van der Waals surface area contributed by atoms with Gasteiger partial charge in [0.2, 0.25) is 0 Å². The van der Waals surface area contributed by atoms with Crippen LogP contribution in [-0.2, 0) is 10.9 Å². The van der Waals surface area contributed by atoms with Crippen molar-refractivity contribution in [2.45, 2.75) is 51.7 Å². The Kier molecular flexibility index (Phi) is 7.14. The summed E-state index contributed by atoms with van der Waals surface area (Å²) in [5, 5.41) is 11.4. The van der Waals surface area contributed by atoms with E-state index in [0.29, 0.717) is 29.1 Å². The first kappa shape index (κ1) is 25.3. The lowest BCUT2D eigenvalue weighted by molar-refractivity contribution is -0.137. The van der Waals surface area contributed by atoms with Crippen LogP contribution in [-0.4, -0.2) is 61.1 Å². The summed E-state index contributed by atoms with van der Waals surface area (Å²) >= 11 is 0. The van der Waals surface area contributed by atoms with Gasteiger partial charge in [-0.3, -0.25) is 0 Å². The van der Waals surface area contributed by atoms with Gasteiger partial charge >= 0.3 is 6.18 Å². The lowest BCUT2D eigenvalue weighted by Crippen LogP contribution is -2.32. The summed E-state index contributed by atoms with van der Waals surface area (Å²) < 4.78 is 53.0. The Bertz CT molecular complexity index is 1070. The summed E-state index contributed by atoms with van der Waals surface area (Å²) in [6.07, 6.45) is -0.544. The zero-order valence-corrected chi connectivity index (χ0v) is 21.2. The fourth-order valence-electron chi connectivity index (χ4n) is 6.28. The maximum absolute atomic E-state index is 14.1. The predicted octanol–water partition coefficient (Wildman–Crippen LogP) is 5.34. The minimum Gasteiger partial charge on any atom is -0.496 e. The van der Waals surface area contributed by atoms with Gasteiger partial charge in [0.1, 0.15) is 11.3 Å². The van der Waals surface area contributed by atoms with Crippen molar-refractivity contribution in [2.24, 2.45) is 17.8 Å². The second-order valence-corrected chi connectivity index (χ2v) is 10.7. The number of benzene rings is 1. The molecule has 1 saturated carbocycles. The summed E-state index contributed by atoms with van der Waals surface area (Å²) in [5.41, 5.74) is 1.69. The van der Waals surface area contributed by atoms with Gasteiger partial charge in [0.25, 0.3) is 0 Å². The van der Waals surface area contributed by atoms with Crippen LogP contribution in [0.25, 0.3) is 11.3 Å². The number of anilines is 1. The number of alkyl halides is 3. The first-order valence-corrected chi connectivity index (χ1v) is 12.9. The average Bonchev–Trinajstić information content (AvgIpc) is 3.38. The number of fused-ring (bicyclic) bond motifs is 1. The Balaban J connectivity index is 1.28. The fraction of sp³-hybridized carbons (Fsp3) is 0.630. The standard InChI is InChI=1S/C27H35F3N4O2/c1-16-9-25(35-3)17(2)8-22(16)24-12-23(27(28,29)30)26(33-32-24)31-21-10-19-14-34(15-20(19)11-21)13-18-4-6-36-7-5-18/h8-9,12,18-21H,4-7,10-11,13-15H2,1-3H3,(H,31,33). The summed E-state index contributed by atoms with van der Waals surface area (Å²) in [5.74, 6) is 2.27. The van der Waals surface area contributed by atoms with Gasteiger partial charge in [0.05, 0.1) is 12.8 Å². The Morgan fingerprint density at radius 2 is 1.72 bits per heavy atom. The van der Waals surface area contributed by atoms with E-state index in [-0.39, 0.29) is 17.6 Å². The van der Waals surface area contributed by atoms with Crippen molar-refractivity contribution in [1.82, 2.24) is 15.1 Å². The van der Waals surface area contributed by atoms with E-state index in [2.05, 4.69) is 20.4 Å². The minimum atomic E-state index is -4.53. The molecule has 9 heteroatoms. The van der Waals surface area contributed by atoms with Gasteiger partial charge in [-0.05, 0) is 86.6 Å². The highest BCUT2D eigenvalue weighted by molar-refractivity contribution is 5.68. The number of nitrogens with one attached hydrogen (secondary N) is 1. The molecule has 2 aromatic rings. The molecule has 0 spiro atoms. The molecule has 36 heavy (non-hydrogen) atoms. The molecule has 1 aromatic carbocycles. The number of methoxy groups -OCH3 is 1. The van der Waals surface area contributed by atoms with E-state index < -0.39 is 11.7 Å². The van der Waals surface area contributed by atoms with E-state index in [1.807, 2.05) is 19.9 Å². The highest BCUT2D eigenvalue weighted by Crippen LogP contribution is 2.42. The Morgan fingerprint density at radius 1 is 1.03 bits per heavy atom. The van der Waals surface area contributed by atoms with Crippen molar-refractivity contribution in [1.29, 1.82) is 0 Å². The molecule has 3 aliphatic rings. The number of halogens is 3. The monoisotopic (exact) mass is 504 g/mol. The minimum absolute atomic E-state index is 0.0172. The number of hydrogen-bond acceptors (Lipinski definition) is 6. The molecule has 2 atom stereocenters. The van der Waals surface area contributed by atoms with Gasteiger partial charge in [-0.1, -0.05) is 0 Å². The van der Waals surface area contributed by atoms with Crippen LogP contribution in [0.1, 0.15) is 42.4 Å². The van der Waals surface area contributed by atoms with Gasteiger partial charge in [0.15, 0.2) is 5.82 Å². The quantitative estimate of drug-likeness (QED) is 0.573. The van der Waals surface area contributed by atoms with Crippen molar-refractivity contribution in [3.8, 4) is 17.0 Å². The third kappa shape index (κ3) is 5.32. The summed E-state index contributed by atoms with van der Waals surface area (Å²) in [6.45, 7) is 8.59. The van der Waals surface area contributed by atoms with E-state index in [4.69, 9.17) is 9.47 Å². The maximum atomic E-state index is 14.1. The number of ether oxygens (including phenoxy) is 2. The zero-order chi connectivity index (χ0) is 25.4. The number of likely N-dealkylation sites (tertiary alicyclic amines) is 1. The highest BCUT2D eigenvalue weighted by atomic mass is 19.4. The Morgan fingerprint density at radius 3 is 2.36 bits per heavy atom. The second kappa shape index (κ2) is 10.2. The zero-order valence-electron chi connectivity index (χ0n) is 21.2. The fourth-order valence-corrected chi connectivity index (χ4v) is 6.28. The molecule has 2 unspecified atom stereocenters. The molecule has 196 valence electrons. The molecule has 2 saturated heterocycles. The first-order chi connectivity index (χ1) is 17.2. The molecular weight excluding hydrogens is 469 g/mol. The number of aromatic nitrogens is 2. The third-order valence-electron chi connectivity index (χ3n) is 8.14. The SMILES string of the molecule is COc1cc(C)c(-c2cc(C(F)(F)F)c(NC3CC4CN(CC5CCOCC5)CC4C3)nn2)cc1C. The average molecular weight is 505 g/mol. The van der Waals surface area contributed by atoms with E-state index in [0.717, 1.165) is 75.7 Å². The number of hydrogen-bond donors (Lipinski definition) is 1. The van der Waals surface area contributed by atoms with Crippen molar-refractivity contribution in [3.05, 3.63) is 34.9 Å². The molecule has 1 N–H and O–H groups in total. The van der Waals surface area contributed by atoms with E-state index in [9.17, 15) is 13.2 Å². The molecule has 0 amide bonds. The second-order valence-electron chi connectivity index (χ2n) is 10.7. The van der Waals surface area contributed by atoms with E-state index >= 15 is 0 Å². The number of rotatable bonds is 6. The predicted molar refractivity (Wildman–Crippen MR) is 132 cm³/mol. The Labute approximate surface area is 210 Å². The van der Waals surface area contributed by atoms with Crippen molar-refractivity contribution in [3.63, 3.8) is 0 Å². The maximum Gasteiger partial charge on any atom is 0.420 e. The van der Waals surface area contributed by atoms with Crippen LogP contribution in [0.2, 0.25) is 0 Å². The van der Waals surface area contributed by atoms with Gasteiger partial charge in [0, 0.05) is 44.5 Å². The molecule has 2 aliphatic heterocycles. The largest absolute Gasteiger partial charge is 0.496 e. The van der Waals surface area contributed by atoms with Crippen molar-refractivity contribution in [2.75, 3.05) is 45.3 Å². The van der Waals surface area contributed by atoms with Crippen LogP contribution in [0.15, 0.2) is 18.2 Å². The molecule has 0 bridgehead atoms. The molecule has 1 aromatic heterocycles. The smallest absolute Gasteiger partial charge is 0.420 e. The lowest BCUT2D eigenvalue weighted by atomic mass is 10.00. The summed E-state index contributed by atoms with van der Waals surface area (Å²) in [7, 11) is 1.57. The molecule has 0 radical (unpaired) electrons. The van der Waals surface area contributed by atoms with Gasteiger partial charge in [-0.15, -0.1) is 10.2 Å². The van der Waals surface area contributed by atoms with Crippen LogP contribution in [0.4, 0.5) is 19.0 Å². The summed E-state index contributed by atoms with van der Waals surface area (Å²) in [4.78, 5) is 2.55. The lowest BCUT2D eigenvalue weighted by Gasteiger charge is -2.28. The third-order valence-corrected chi connectivity index (χ3v) is 8.14. The Hall–Kier alpha value is -2.39.